The molecule has 0 spiro atoms. The van der Waals surface area contributed by atoms with E-state index in [-0.39, 0.29) is 0 Å². The molecule has 25 heavy (non-hydrogen) atoms. The van der Waals surface area contributed by atoms with Gasteiger partial charge >= 0.3 is 0 Å². The Morgan fingerprint density at radius 3 is 2.72 bits per heavy atom. The highest BCUT2D eigenvalue weighted by Gasteiger charge is 2.28. The van der Waals surface area contributed by atoms with E-state index >= 15 is 0 Å². The molecular formula is C20H22N4O. The van der Waals surface area contributed by atoms with Crippen molar-refractivity contribution in [3.63, 3.8) is 0 Å². The fourth-order valence-electron chi connectivity index (χ4n) is 3.40. The highest BCUT2D eigenvalue weighted by molar-refractivity contribution is 5.50. The zero-order chi connectivity index (χ0) is 16.9. The Morgan fingerprint density at radius 1 is 1.04 bits per heavy atom. The van der Waals surface area contributed by atoms with E-state index in [4.69, 9.17) is 4.42 Å². The molecule has 1 fully saturated rings. The molecule has 5 nitrogen and oxygen atoms in total. The van der Waals surface area contributed by atoms with E-state index in [1.807, 2.05) is 12.1 Å². The largest absolute Gasteiger partial charge is 0.420 e. The molecule has 5 heteroatoms. The number of benzene rings is 1. The van der Waals surface area contributed by atoms with Gasteiger partial charge in [-0.15, -0.1) is 10.2 Å². The molecule has 1 aromatic carbocycles. The van der Waals surface area contributed by atoms with Gasteiger partial charge in [-0.1, -0.05) is 30.3 Å². The van der Waals surface area contributed by atoms with Crippen LogP contribution in [0.15, 0.2) is 59.3 Å². The average molecular weight is 334 g/mol. The molecule has 1 saturated heterocycles. The van der Waals surface area contributed by atoms with Crippen LogP contribution in [0.2, 0.25) is 0 Å². The van der Waals surface area contributed by atoms with Gasteiger partial charge in [0.1, 0.15) is 0 Å². The molecule has 0 amide bonds. The van der Waals surface area contributed by atoms with Crippen LogP contribution in [0, 0.1) is 0 Å². The Morgan fingerprint density at radius 2 is 1.88 bits per heavy atom. The fourth-order valence-corrected chi connectivity index (χ4v) is 3.40. The zero-order valence-electron chi connectivity index (χ0n) is 14.2. The van der Waals surface area contributed by atoms with Gasteiger partial charge in [-0.05, 0) is 50.0 Å². The van der Waals surface area contributed by atoms with Crippen molar-refractivity contribution in [2.75, 3.05) is 19.6 Å². The number of aryl methyl sites for hydroxylation is 1. The summed E-state index contributed by atoms with van der Waals surface area (Å²) >= 11 is 0. The standard InChI is InChI=1S/C20H22N4O/c1-2-5-16(6-3-1)7-4-13-24-14-10-18(15-24)20-23-22-19(25-20)17-8-11-21-12-9-17/h1-3,5-6,8-9,11-12,18H,4,7,10,13-15H2/t18-/m0/s1. The van der Waals surface area contributed by atoms with Crippen LogP contribution in [0.4, 0.5) is 0 Å². The second kappa shape index (κ2) is 7.57. The molecule has 0 N–H and O–H groups in total. The Kier molecular flexibility index (Phi) is 4.84. The topological polar surface area (TPSA) is 55.1 Å². The van der Waals surface area contributed by atoms with Crippen molar-refractivity contribution < 1.29 is 4.42 Å². The van der Waals surface area contributed by atoms with Gasteiger partial charge in [-0.2, -0.15) is 0 Å². The van der Waals surface area contributed by atoms with E-state index in [0.29, 0.717) is 11.8 Å². The average Bonchev–Trinajstić information content (AvgIpc) is 3.33. The zero-order valence-corrected chi connectivity index (χ0v) is 14.2. The summed E-state index contributed by atoms with van der Waals surface area (Å²) in [6, 6.07) is 14.5. The van der Waals surface area contributed by atoms with Gasteiger partial charge in [0.25, 0.3) is 0 Å². The minimum atomic E-state index is 0.347. The summed E-state index contributed by atoms with van der Waals surface area (Å²) in [6.45, 7) is 3.23. The van der Waals surface area contributed by atoms with Crippen LogP contribution >= 0.6 is 0 Å². The maximum atomic E-state index is 5.90. The van der Waals surface area contributed by atoms with E-state index in [9.17, 15) is 0 Å². The summed E-state index contributed by atoms with van der Waals surface area (Å²) in [7, 11) is 0. The lowest BCUT2D eigenvalue weighted by molar-refractivity contribution is 0.323. The molecule has 1 aliphatic rings. The van der Waals surface area contributed by atoms with Gasteiger partial charge in [-0.25, -0.2) is 0 Å². The predicted molar refractivity (Wildman–Crippen MR) is 96.1 cm³/mol. The van der Waals surface area contributed by atoms with Crippen LogP contribution < -0.4 is 0 Å². The fraction of sp³-hybridized carbons (Fsp3) is 0.350. The van der Waals surface area contributed by atoms with Crippen molar-refractivity contribution in [1.82, 2.24) is 20.1 Å². The number of hydrogen-bond donors (Lipinski definition) is 0. The van der Waals surface area contributed by atoms with Crippen LogP contribution in [0.5, 0.6) is 0 Å². The normalized spacial score (nSPS) is 17.8. The number of likely N-dealkylation sites (tertiary alicyclic amines) is 1. The van der Waals surface area contributed by atoms with Crippen molar-refractivity contribution in [2.24, 2.45) is 0 Å². The highest BCUT2D eigenvalue weighted by Crippen LogP contribution is 2.28. The first kappa shape index (κ1) is 16.0. The van der Waals surface area contributed by atoms with E-state index in [1.165, 1.54) is 12.0 Å². The van der Waals surface area contributed by atoms with Crippen molar-refractivity contribution in [3.8, 4) is 11.5 Å². The van der Waals surface area contributed by atoms with Crippen molar-refractivity contribution in [2.45, 2.75) is 25.2 Å². The summed E-state index contributed by atoms with van der Waals surface area (Å²) < 4.78 is 5.90. The minimum absolute atomic E-state index is 0.347. The second-order valence-electron chi connectivity index (χ2n) is 6.56. The van der Waals surface area contributed by atoms with E-state index < -0.39 is 0 Å². The third-order valence-electron chi connectivity index (χ3n) is 4.77. The maximum Gasteiger partial charge on any atom is 0.247 e. The Hall–Kier alpha value is -2.53. The molecule has 0 unspecified atom stereocenters. The third-order valence-corrected chi connectivity index (χ3v) is 4.77. The molecule has 128 valence electrons. The number of aromatic nitrogens is 3. The first-order valence-electron chi connectivity index (χ1n) is 8.88. The molecule has 2 aromatic heterocycles. The lowest BCUT2D eigenvalue weighted by Crippen LogP contribution is -2.22. The summed E-state index contributed by atoms with van der Waals surface area (Å²) in [4.78, 5) is 6.52. The van der Waals surface area contributed by atoms with Crippen LogP contribution in [-0.4, -0.2) is 39.7 Å². The molecule has 0 saturated carbocycles. The molecule has 0 aliphatic carbocycles. The molecule has 3 aromatic rings. The lowest BCUT2D eigenvalue weighted by Gasteiger charge is -2.14. The second-order valence-corrected chi connectivity index (χ2v) is 6.56. The van der Waals surface area contributed by atoms with Crippen molar-refractivity contribution >= 4 is 0 Å². The molecule has 1 atom stereocenters. The summed E-state index contributed by atoms with van der Waals surface area (Å²) in [5.41, 5.74) is 2.34. The van der Waals surface area contributed by atoms with Gasteiger partial charge in [0.15, 0.2) is 0 Å². The number of hydrogen-bond acceptors (Lipinski definition) is 5. The molecule has 1 aliphatic heterocycles. The molecule has 3 heterocycles. The highest BCUT2D eigenvalue weighted by atomic mass is 16.4. The Bertz CT molecular complexity index is 788. The van der Waals surface area contributed by atoms with Gasteiger partial charge in [0.2, 0.25) is 11.8 Å². The van der Waals surface area contributed by atoms with Gasteiger partial charge < -0.3 is 9.32 Å². The first-order valence-corrected chi connectivity index (χ1v) is 8.88. The Labute approximate surface area is 147 Å². The summed E-state index contributed by atoms with van der Waals surface area (Å²) in [5.74, 6) is 1.69. The van der Waals surface area contributed by atoms with Crippen LogP contribution in [0.3, 0.4) is 0 Å². The van der Waals surface area contributed by atoms with E-state index in [2.05, 4.69) is 50.4 Å². The quantitative estimate of drug-likeness (QED) is 0.690. The van der Waals surface area contributed by atoms with E-state index in [1.54, 1.807) is 12.4 Å². The molecular weight excluding hydrogens is 312 g/mol. The van der Waals surface area contributed by atoms with Gasteiger partial charge in [-0.3, -0.25) is 4.98 Å². The SMILES string of the molecule is c1ccc(CCCN2CC[C@H](c3nnc(-c4ccncc4)o3)C2)cc1. The van der Waals surface area contributed by atoms with Gasteiger partial charge in [0.05, 0.1) is 5.92 Å². The predicted octanol–water partition coefficient (Wildman–Crippen LogP) is 3.55. The number of rotatable bonds is 6. The lowest BCUT2D eigenvalue weighted by atomic mass is 10.1. The van der Waals surface area contributed by atoms with E-state index in [0.717, 1.165) is 43.9 Å². The first-order chi connectivity index (χ1) is 12.4. The third kappa shape index (κ3) is 3.94. The minimum Gasteiger partial charge on any atom is -0.420 e. The maximum absolute atomic E-state index is 5.90. The number of nitrogens with zero attached hydrogens (tertiary/aromatic N) is 4. The van der Waals surface area contributed by atoms with Crippen molar-refractivity contribution in [1.29, 1.82) is 0 Å². The summed E-state index contributed by atoms with van der Waals surface area (Å²) in [5, 5.41) is 8.47. The monoisotopic (exact) mass is 334 g/mol. The summed E-state index contributed by atoms with van der Waals surface area (Å²) in [6.07, 6.45) is 6.88. The Balaban J connectivity index is 1.30. The van der Waals surface area contributed by atoms with Crippen LogP contribution in [0.25, 0.3) is 11.5 Å². The molecule has 0 radical (unpaired) electrons. The van der Waals surface area contributed by atoms with Crippen LogP contribution in [-0.2, 0) is 6.42 Å². The number of pyridine rings is 1. The smallest absolute Gasteiger partial charge is 0.247 e. The van der Waals surface area contributed by atoms with Gasteiger partial charge in [0, 0.05) is 24.5 Å². The molecule has 4 rings (SSSR count). The van der Waals surface area contributed by atoms with Crippen molar-refractivity contribution in [3.05, 3.63) is 66.3 Å². The van der Waals surface area contributed by atoms with Crippen LogP contribution in [0.1, 0.15) is 30.2 Å². The molecule has 0 bridgehead atoms.